The fourth-order valence-corrected chi connectivity index (χ4v) is 4.42. The van der Waals surface area contributed by atoms with E-state index in [0.29, 0.717) is 22.2 Å². The maximum absolute atomic E-state index is 12.6. The number of anilines is 1. The number of carbonyl (C=O) groups excluding carboxylic acids is 2. The van der Waals surface area contributed by atoms with Gasteiger partial charge >= 0.3 is 5.97 Å². The summed E-state index contributed by atoms with van der Waals surface area (Å²) in [5.41, 5.74) is 2.47. The standard InChI is InChI=1S/C20H18BrN3O3S2/c1-11-6-7-14(13(21)9-11)23-16(25)10-27-20(26)17-12(2)22-18(24-19(17)28-3)15-5-4-8-29-15/h4-9H,10H2,1-3H3,(H,23,25). The topological polar surface area (TPSA) is 81.2 Å². The molecule has 3 aromatic rings. The number of carbonyl (C=O) groups is 2. The summed E-state index contributed by atoms with van der Waals surface area (Å²) >= 11 is 6.27. The number of thiophene rings is 1. The fourth-order valence-electron chi connectivity index (χ4n) is 2.56. The molecule has 0 radical (unpaired) electrons. The smallest absolute Gasteiger partial charge is 0.343 e. The Hall–Kier alpha value is -2.23. The van der Waals surface area contributed by atoms with Gasteiger partial charge in [-0.05, 0) is 65.2 Å². The summed E-state index contributed by atoms with van der Waals surface area (Å²) in [5, 5.41) is 5.18. The van der Waals surface area contributed by atoms with Gasteiger partial charge in [-0.15, -0.1) is 23.1 Å². The molecule has 0 saturated heterocycles. The molecular formula is C20H18BrN3O3S2. The summed E-state index contributed by atoms with van der Waals surface area (Å²) in [6.45, 7) is 3.28. The third-order valence-electron chi connectivity index (χ3n) is 3.93. The highest BCUT2D eigenvalue weighted by atomic mass is 79.9. The Labute approximate surface area is 185 Å². The van der Waals surface area contributed by atoms with Crippen LogP contribution in [-0.4, -0.2) is 34.7 Å². The van der Waals surface area contributed by atoms with Crippen molar-refractivity contribution in [3.05, 3.63) is 57.0 Å². The second-order valence-electron chi connectivity index (χ2n) is 6.10. The van der Waals surface area contributed by atoms with Crippen LogP contribution in [0.25, 0.3) is 10.7 Å². The SMILES string of the molecule is CSc1nc(-c2cccs2)nc(C)c1C(=O)OCC(=O)Nc1ccc(C)cc1Br. The van der Waals surface area contributed by atoms with Gasteiger partial charge in [0, 0.05) is 4.47 Å². The molecule has 0 bridgehead atoms. The Balaban J connectivity index is 1.71. The van der Waals surface area contributed by atoms with Gasteiger partial charge in [0.15, 0.2) is 12.4 Å². The lowest BCUT2D eigenvalue weighted by Crippen LogP contribution is -2.22. The van der Waals surface area contributed by atoms with Crippen LogP contribution in [0.1, 0.15) is 21.6 Å². The van der Waals surface area contributed by atoms with Crippen LogP contribution in [0.3, 0.4) is 0 Å². The van der Waals surface area contributed by atoms with Crippen LogP contribution in [-0.2, 0) is 9.53 Å². The Kier molecular flexibility index (Phi) is 7.05. The molecular weight excluding hydrogens is 474 g/mol. The number of ether oxygens (including phenoxy) is 1. The minimum absolute atomic E-state index is 0.280. The van der Waals surface area contributed by atoms with Gasteiger partial charge in [0.1, 0.15) is 10.6 Å². The van der Waals surface area contributed by atoms with Crippen molar-refractivity contribution in [2.24, 2.45) is 0 Å². The number of hydrogen-bond acceptors (Lipinski definition) is 7. The fraction of sp³-hybridized carbons (Fsp3) is 0.200. The van der Waals surface area contributed by atoms with E-state index in [0.717, 1.165) is 14.9 Å². The predicted octanol–water partition coefficient (Wildman–Crippen LogP) is 5.10. The molecule has 0 atom stereocenters. The van der Waals surface area contributed by atoms with Crippen molar-refractivity contribution < 1.29 is 14.3 Å². The van der Waals surface area contributed by atoms with E-state index in [4.69, 9.17) is 4.74 Å². The quantitative estimate of drug-likeness (QED) is 0.293. The zero-order valence-corrected chi connectivity index (χ0v) is 19.2. The molecule has 0 fully saturated rings. The molecule has 9 heteroatoms. The molecule has 1 aromatic carbocycles. The number of halogens is 1. The molecule has 3 rings (SSSR count). The normalized spacial score (nSPS) is 10.6. The van der Waals surface area contributed by atoms with Crippen LogP contribution in [0.4, 0.5) is 5.69 Å². The first-order valence-electron chi connectivity index (χ1n) is 8.58. The van der Waals surface area contributed by atoms with Crippen LogP contribution in [0.15, 0.2) is 45.2 Å². The molecule has 29 heavy (non-hydrogen) atoms. The minimum Gasteiger partial charge on any atom is -0.452 e. The maximum Gasteiger partial charge on any atom is 0.343 e. The van der Waals surface area contributed by atoms with Crippen LogP contribution in [0.2, 0.25) is 0 Å². The van der Waals surface area contributed by atoms with Crippen molar-refractivity contribution in [3.63, 3.8) is 0 Å². The number of thioether (sulfide) groups is 1. The van der Waals surface area contributed by atoms with Crippen molar-refractivity contribution in [1.29, 1.82) is 0 Å². The van der Waals surface area contributed by atoms with Crippen molar-refractivity contribution in [2.45, 2.75) is 18.9 Å². The summed E-state index contributed by atoms with van der Waals surface area (Å²) in [4.78, 5) is 34.6. The van der Waals surface area contributed by atoms with E-state index in [1.54, 1.807) is 13.0 Å². The Morgan fingerprint density at radius 3 is 2.69 bits per heavy atom. The molecule has 1 amide bonds. The van der Waals surface area contributed by atoms with Gasteiger partial charge in [-0.1, -0.05) is 12.1 Å². The van der Waals surface area contributed by atoms with Crippen molar-refractivity contribution in [3.8, 4) is 10.7 Å². The van der Waals surface area contributed by atoms with E-state index < -0.39 is 18.5 Å². The number of esters is 1. The highest BCUT2D eigenvalue weighted by molar-refractivity contribution is 9.10. The minimum atomic E-state index is -0.622. The average Bonchev–Trinajstić information content (AvgIpc) is 3.22. The number of amides is 1. The van der Waals surface area contributed by atoms with E-state index >= 15 is 0 Å². The number of nitrogens with zero attached hydrogens (tertiary/aromatic N) is 2. The molecule has 2 heterocycles. The maximum atomic E-state index is 12.6. The van der Waals surface area contributed by atoms with E-state index in [9.17, 15) is 9.59 Å². The number of benzene rings is 1. The van der Waals surface area contributed by atoms with Crippen LogP contribution >= 0.6 is 39.0 Å². The summed E-state index contributed by atoms with van der Waals surface area (Å²) in [6.07, 6.45) is 1.83. The molecule has 0 aliphatic heterocycles. The van der Waals surface area contributed by atoms with E-state index in [-0.39, 0.29) is 5.56 Å². The largest absolute Gasteiger partial charge is 0.452 e. The second kappa shape index (κ2) is 9.51. The first-order valence-corrected chi connectivity index (χ1v) is 11.5. The second-order valence-corrected chi connectivity index (χ2v) is 8.70. The first-order chi connectivity index (χ1) is 13.9. The molecule has 2 aromatic heterocycles. The lowest BCUT2D eigenvalue weighted by molar-refractivity contribution is -0.119. The number of hydrogen-bond donors (Lipinski definition) is 1. The Bertz CT molecular complexity index is 1060. The lowest BCUT2D eigenvalue weighted by Gasteiger charge is -2.12. The van der Waals surface area contributed by atoms with Crippen molar-refractivity contribution in [2.75, 3.05) is 18.2 Å². The molecule has 0 aliphatic rings. The third-order valence-corrected chi connectivity index (χ3v) is 6.13. The highest BCUT2D eigenvalue weighted by Gasteiger charge is 2.21. The Morgan fingerprint density at radius 1 is 1.24 bits per heavy atom. The van der Waals surface area contributed by atoms with E-state index in [2.05, 4.69) is 31.2 Å². The molecule has 150 valence electrons. The predicted molar refractivity (Wildman–Crippen MR) is 120 cm³/mol. The zero-order chi connectivity index (χ0) is 21.0. The molecule has 1 N–H and O–H groups in total. The van der Waals surface area contributed by atoms with Crippen molar-refractivity contribution >= 4 is 56.6 Å². The summed E-state index contributed by atoms with van der Waals surface area (Å²) in [7, 11) is 0. The van der Waals surface area contributed by atoms with E-state index in [1.165, 1.54) is 23.1 Å². The van der Waals surface area contributed by atoms with Gasteiger partial charge in [-0.2, -0.15) is 0 Å². The van der Waals surface area contributed by atoms with Gasteiger partial charge in [-0.3, -0.25) is 4.79 Å². The van der Waals surface area contributed by atoms with Crippen LogP contribution in [0.5, 0.6) is 0 Å². The molecule has 0 unspecified atom stereocenters. The van der Waals surface area contributed by atoms with Crippen LogP contribution in [0, 0.1) is 13.8 Å². The third kappa shape index (κ3) is 5.23. The number of aryl methyl sites for hydroxylation is 2. The Morgan fingerprint density at radius 2 is 2.03 bits per heavy atom. The molecule has 6 nitrogen and oxygen atoms in total. The monoisotopic (exact) mass is 491 g/mol. The number of aromatic nitrogens is 2. The zero-order valence-electron chi connectivity index (χ0n) is 16.0. The van der Waals surface area contributed by atoms with Crippen molar-refractivity contribution in [1.82, 2.24) is 9.97 Å². The molecule has 0 saturated carbocycles. The lowest BCUT2D eigenvalue weighted by atomic mass is 10.2. The summed E-state index contributed by atoms with van der Waals surface area (Å²) in [6, 6.07) is 9.40. The average molecular weight is 492 g/mol. The van der Waals surface area contributed by atoms with Gasteiger partial charge < -0.3 is 10.1 Å². The summed E-state index contributed by atoms with van der Waals surface area (Å²) in [5.74, 6) is -0.481. The number of rotatable bonds is 6. The molecule has 0 spiro atoms. The first kappa shape index (κ1) is 21.5. The molecule has 0 aliphatic carbocycles. The summed E-state index contributed by atoms with van der Waals surface area (Å²) < 4.78 is 5.98. The van der Waals surface area contributed by atoms with E-state index in [1.807, 2.05) is 42.8 Å². The van der Waals surface area contributed by atoms with Gasteiger partial charge in [0.25, 0.3) is 5.91 Å². The van der Waals surface area contributed by atoms with Gasteiger partial charge in [-0.25, -0.2) is 14.8 Å². The number of nitrogens with one attached hydrogen (secondary N) is 1. The van der Waals surface area contributed by atoms with Gasteiger partial charge in [0.05, 0.1) is 16.3 Å². The van der Waals surface area contributed by atoms with Gasteiger partial charge in [0.2, 0.25) is 0 Å². The van der Waals surface area contributed by atoms with Crippen LogP contribution < -0.4 is 5.32 Å². The highest BCUT2D eigenvalue weighted by Crippen LogP contribution is 2.28.